The van der Waals surface area contributed by atoms with Crippen molar-refractivity contribution in [2.24, 2.45) is 0 Å². The first kappa shape index (κ1) is 22.8. The van der Waals surface area contributed by atoms with Crippen molar-refractivity contribution < 1.29 is 4.79 Å². The van der Waals surface area contributed by atoms with Gasteiger partial charge in [0.25, 0.3) is 0 Å². The van der Waals surface area contributed by atoms with E-state index in [0.29, 0.717) is 18.0 Å². The number of aromatic nitrogens is 4. The Bertz CT molecular complexity index is 918. The molecule has 32 heavy (non-hydrogen) atoms. The lowest BCUT2D eigenvalue weighted by Gasteiger charge is -2.33. The second kappa shape index (κ2) is 10.0. The third-order valence-corrected chi connectivity index (χ3v) is 7.00. The highest BCUT2D eigenvalue weighted by atomic mass is 16.1. The molecule has 2 aliphatic rings. The number of aryl methyl sites for hydroxylation is 1. The molecule has 2 atom stereocenters. The Morgan fingerprint density at radius 3 is 2.50 bits per heavy atom. The van der Waals surface area contributed by atoms with E-state index in [2.05, 4.69) is 47.0 Å². The molecule has 2 aromatic rings. The molecule has 0 radical (unpaired) electrons. The molecule has 2 aliphatic carbocycles. The van der Waals surface area contributed by atoms with E-state index in [0.717, 1.165) is 62.1 Å². The van der Waals surface area contributed by atoms with Crippen LogP contribution >= 0.6 is 0 Å². The third-order valence-electron chi connectivity index (χ3n) is 7.00. The van der Waals surface area contributed by atoms with Crippen molar-refractivity contribution in [1.82, 2.24) is 29.8 Å². The van der Waals surface area contributed by atoms with Gasteiger partial charge in [-0.2, -0.15) is 19.6 Å². The maximum absolute atomic E-state index is 11.5. The summed E-state index contributed by atoms with van der Waals surface area (Å²) in [7, 11) is 4.34. The Morgan fingerprint density at radius 1 is 1.06 bits per heavy atom. The Balaban J connectivity index is 1.51. The van der Waals surface area contributed by atoms with Crippen LogP contribution < -0.4 is 16.0 Å². The Hall–Kier alpha value is -2.42. The number of carbonyl (C=O) groups is 1. The number of rotatable bonds is 7. The zero-order valence-corrected chi connectivity index (χ0v) is 19.9. The lowest BCUT2D eigenvalue weighted by atomic mass is 9.90. The number of anilines is 2. The second-order valence-corrected chi connectivity index (χ2v) is 9.65. The van der Waals surface area contributed by atoms with Crippen LogP contribution in [-0.4, -0.2) is 68.7 Å². The topological polar surface area (TPSA) is 99.5 Å². The van der Waals surface area contributed by atoms with Crippen LogP contribution in [0.3, 0.4) is 0 Å². The van der Waals surface area contributed by atoms with Crippen LogP contribution in [0.15, 0.2) is 6.20 Å². The van der Waals surface area contributed by atoms with Gasteiger partial charge in [-0.05, 0) is 71.9 Å². The number of fused-ring (bicyclic) bond motifs is 1. The van der Waals surface area contributed by atoms with Crippen molar-refractivity contribution in [3.8, 4) is 0 Å². The molecular formula is C23H38N8O. The van der Waals surface area contributed by atoms with Crippen molar-refractivity contribution in [3.63, 3.8) is 0 Å². The predicted molar refractivity (Wildman–Crippen MR) is 127 cm³/mol. The summed E-state index contributed by atoms with van der Waals surface area (Å²) in [4.78, 5) is 23.5. The minimum Gasteiger partial charge on any atom is -0.354 e. The van der Waals surface area contributed by atoms with E-state index in [1.165, 1.54) is 12.8 Å². The van der Waals surface area contributed by atoms with Crippen molar-refractivity contribution in [1.29, 1.82) is 0 Å². The molecule has 1 amide bonds. The van der Waals surface area contributed by atoms with Gasteiger partial charge in [0.2, 0.25) is 17.8 Å². The predicted octanol–water partition coefficient (Wildman–Crippen LogP) is 2.83. The molecule has 0 aliphatic heterocycles. The molecule has 2 fully saturated rings. The van der Waals surface area contributed by atoms with Gasteiger partial charge in [-0.15, -0.1) is 0 Å². The number of amides is 1. The molecule has 4 rings (SSSR count). The Kier molecular flexibility index (Phi) is 7.13. The number of nitrogens with zero attached hydrogens (tertiary/aromatic N) is 5. The van der Waals surface area contributed by atoms with Crippen LogP contribution in [0.25, 0.3) is 5.65 Å². The Morgan fingerprint density at radius 2 is 1.81 bits per heavy atom. The van der Waals surface area contributed by atoms with E-state index in [1.54, 1.807) is 6.92 Å². The quantitative estimate of drug-likeness (QED) is 0.606. The van der Waals surface area contributed by atoms with E-state index in [4.69, 9.17) is 9.97 Å². The van der Waals surface area contributed by atoms with Crippen LogP contribution in [0.5, 0.6) is 0 Å². The highest BCUT2D eigenvalue weighted by Gasteiger charge is 2.26. The fraction of sp³-hybridized carbons (Fsp3) is 0.739. The van der Waals surface area contributed by atoms with E-state index in [1.807, 2.05) is 10.7 Å². The smallest absolute Gasteiger partial charge is 0.229 e. The second-order valence-electron chi connectivity index (χ2n) is 9.65. The SMILES string of the molecule is CCc1cnn2c(NC3CCCC(NC(C)=O)C3)nc(N[C@H]3CC[C@H](N(C)C)CC3)nc12. The lowest BCUT2D eigenvalue weighted by Crippen LogP contribution is -2.41. The summed E-state index contributed by atoms with van der Waals surface area (Å²) < 4.78 is 1.83. The zero-order valence-electron chi connectivity index (χ0n) is 19.9. The van der Waals surface area contributed by atoms with Gasteiger partial charge in [-0.25, -0.2) is 0 Å². The fourth-order valence-corrected chi connectivity index (χ4v) is 5.17. The minimum atomic E-state index is 0.0372. The maximum atomic E-state index is 11.5. The molecule has 2 unspecified atom stereocenters. The zero-order chi connectivity index (χ0) is 22.7. The van der Waals surface area contributed by atoms with Crippen LogP contribution in [0.1, 0.15) is 70.8 Å². The van der Waals surface area contributed by atoms with Gasteiger partial charge in [0.1, 0.15) is 0 Å². The van der Waals surface area contributed by atoms with E-state index in [-0.39, 0.29) is 18.0 Å². The van der Waals surface area contributed by atoms with Crippen molar-refractivity contribution in [2.45, 2.75) is 95.8 Å². The Labute approximate surface area is 190 Å². The average molecular weight is 443 g/mol. The first-order valence-electron chi connectivity index (χ1n) is 12.1. The summed E-state index contributed by atoms with van der Waals surface area (Å²) in [6, 6.07) is 1.52. The molecule has 9 heteroatoms. The fourth-order valence-electron chi connectivity index (χ4n) is 5.17. The van der Waals surface area contributed by atoms with E-state index >= 15 is 0 Å². The average Bonchev–Trinajstić information content (AvgIpc) is 3.17. The minimum absolute atomic E-state index is 0.0372. The van der Waals surface area contributed by atoms with Gasteiger partial charge in [-0.1, -0.05) is 6.92 Å². The molecule has 0 saturated heterocycles. The van der Waals surface area contributed by atoms with Crippen molar-refractivity contribution in [3.05, 3.63) is 11.8 Å². The summed E-state index contributed by atoms with van der Waals surface area (Å²) >= 11 is 0. The summed E-state index contributed by atoms with van der Waals surface area (Å²) in [5.41, 5.74) is 1.98. The van der Waals surface area contributed by atoms with Gasteiger partial charge < -0.3 is 20.9 Å². The molecule has 2 heterocycles. The summed E-state index contributed by atoms with van der Waals surface area (Å²) in [6.07, 6.45) is 11.5. The number of carbonyl (C=O) groups excluding carboxylic acids is 1. The summed E-state index contributed by atoms with van der Waals surface area (Å²) in [5, 5.41) is 14.9. The van der Waals surface area contributed by atoms with Gasteiger partial charge in [0, 0.05) is 36.7 Å². The standard InChI is InChI=1S/C23H38N8O/c1-5-16-14-24-31-21(16)28-22(26-17-9-11-20(12-10-17)30(3)4)29-23(31)27-19-8-6-7-18(13-19)25-15(2)32/h14,17-20H,5-13H2,1-4H3,(H,25,32)(H2,26,27,28,29)/t17-,18?,19?,20-. The van der Waals surface area contributed by atoms with Gasteiger partial charge >= 0.3 is 0 Å². The largest absolute Gasteiger partial charge is 0.354 e. The molecule has 0 spiro atoms. The van der Waals surface area contributed by atoms with Gasteiger partial charge in [0.15, 0.2) is 5.65 Å². The number of hydrogen-bond acceptors (Lipinski definition) is 7. The van der Waals surface area contributed by atoms with Crippen LogP contribution in [0.2, 0.25) is 0 Å². The van der Waals surface area contributed by atoms with E-state index < -0.39 is 0 Å². The van der Waals surface area contributed by atoms with Gasteiger partial charge in [-0.3, -0.25) is 4.79 Å². The first-order chi connectivity index (χ1) is 15.4. The molecule has 0 bridgehead atoms. The monoisotopic (exact) mass is 442 g/mol. The molecule has 176 valence electrons. The number of hydrogen-bond donors (Lipinski definition) is 3. The maximum Gasteiger partial charge on any atom is 0.229 e. The summed E-state index contributed by atoms with van der Waals surface area (Å²) in [5.74, 6) is 1.44. The van der Waals surface area contributed by atoms with E-state index in [9.17, 15) is 4.79 Å². The molecule has 2 saturated carbocycles. The summed E-state index contributed by atoms with van der Waals surface area (Å²) in [6.45, 7) is 3.71. The van der Waals surface area contributed by atoms with Gasteiger partial charge in [0.05, 0.1) is 6.20 Å². The van der Waals surface area contributed by atoms with Crippen LogP contribution in [-0.2, 0) is 11.2 Å². The molecular weight excluding hydrogens is 404 g/mol. The first-order valence-corrected chi connectivity index (χ1v) is 12.1. The van der Waals surface area contributed by atoms with Crippen molar-refractivity contribution >= 4 is 23.5 Å². The molecule has 9 nitrogen and oxygen atoms in total. The van der Waals surface area contributed by atoms with Crippen molar-refractivity contribution in [2.75, 3.05) is 24.7 Å². The lowest BCUT2D eigenvalue weighted by molar-refractivity contribution is -0.119. The molecule has 0 aromatic carbocycles. The highest BCUT2D eigenvalue weighted by Crippen LogP contribution is 2.26. The third kappa shape index (κ3) is 5.31. The highest BCUT2D eigenvalue weighted by molar-refractivity contribution is 5.73. The molecule has 3 N–H and O–H groups in total. The van der Waals surface area contributed by atoms with Crippen LogP contribution in [0.4, 0.5) is 11.9 Å². The molecule has 2 aromatic heterocycles. The normalized spacial score (nSPS) is 26.3. The number of nitrogens with one attached hydrogen (secondary N) is 3. The van der Waals surface area contributed by atoms with Crippen LogP contribution in [0, 0.1) is 0 Å².